The van der Waals surface area contributed by atoms with Crippen molar-refractivity contribution in [3.8, 4) is 11.1 Å². The van der Waals surface area contributed by atoms with Gasteiger partial charge in [-0.25, -0.2) is 23.4 Å². The van der Waals surface area contributed by atoms with E-state index in [1.54, 1.807) is 29.9 Å². The zero-order chi connectivity index (χ0) is 19.6. The lowest BCUT2D eigenvalue weighted by Gasteiger charge is -2.06. The molecule has 0 unspecified atom stereocenters. The maximum absolute atomic E-state index is 12.2. The average molecular weight is 416 g/mol. The highest BCUT2D eigenvalue weighted by atomic mass is 32.2. The molecule has 2 N–H and O–H groups in total. The van der Waals surface area contributed by atoms with Crippen LogP contribution in [0.25, 0.3) is 11.1 Å². The molecular weight excluding hydrogens is 398 g/mol. The number of nitrogens with zero attached hydrogens (tertiary/aromatic N) is 3. The van der Waals surface area contributed by atoms with Crippen LogP contribution in [-0.2, 0) is 21.2 Å². The Morgan fingerprint density at radius 3 is 2.50 bits per heavy atom. The molecule has 1 aliphatic rings. The molecule has 0 spiro atoms. The van der Waals surface area contributed by atoms with Gasteiger partial charge in [0.25, 0.3) is 0 Å². The van der Waals surface area contributed by atoms with Gasteiger partial charge >= 0.3 is 0 Å². The van der Waals surface area contributed by atoms with E-state index in [4.69, 9.17) is 0 Å². The van der Waals surface area contributed by atoms with Crippen molar-refractivity contribution < 1.29 is 13.2 Å². The minimum Gasteiger partial charge on any atom is -0.326 e. The molecule has 3 aromatic rings. The number of rotatable bonds is 7. The van der Waals surface area contributed by atoms with Gasteiger partial charge in [-0.1, -0.05) is 12.1 Å². The molecule has 0 aliphatic heterocycles. The van der Waals surface area contributed by atoms with Gasteiger partial charge in [0, 0.05) is 29.0 Å². The highest BCUT2D eigenvalue weighted by Gasteiger charge is 2.36. The molecule has 0 radical (unpaired) electrons. The lowest BCUT2D eigenvalue weighted by molar-refractivity contribution is -0.115. The summed E-state index contributed by atoms with van der Waals surface area (Å²) in [5.41, 5.74) is 3.03. The van der Waals surface area contributed by atoms with E-state index in [0.717, 1.165) is 11.1 Å². The number of sulfonamides is 1. The maximum atomic E-state index is 12.2. The van der Waals surface area contributed by atoms with Crippen molar-refractivity contribution in [2.45, 2.75) is 24.5 Å². The SMILES string of the molecule is O=C(Cc1csc(NS(=O)(=O)C2CC2)n1)Nc1ccc(-c2cncnc2)cc1. The first-order chi connectivity index (χ1) is 13.5. The van der Waals surface area contributed by atoms with Gasteiger partial charge in [-0.05, 0) is 30.5 Å². The fourth-order valence-electron chi connectivity index (χ4n) is 2.58. The standard InChI is InChI=1S/C18H17N5O3S2/c24-17(7-15-10-27-18(22-15)23-28(25,26)16-5-6-16)21-14-3-1-12(2-4-14)13-8-19-11-20-9-13/h1-4,8-11,16H,5-7H2,(H,21,24)(H,22,23). The van der Waals surface area contributed by atoms with Gasteiger partial charge in [-0.3, -0.25) is 9.52 Å². The van der Waals surface area contributed by atoms with Crippen LogP contribution in [0.3, 0.4) is 0 Å². The topological polar surface area (TPSA) is 114 Å². The lowest BCUT2D eigenvalue weighted by atomic mass is 10.1. The normalized spacial score (nSPS) is 13.9. The number of carbonyl (C=O) groups is 1. The highest BCUT2D eigenvalue weighted by Crippen LogP contribution is 2.30. The molecule has 1 fully saturated rings. The Morgan fingerprint density at radius 2 is 1.82 bits per heavy atom. The molecule has 144 valence electrons. The molecule has 1 amide bonds. The maximum Gasteiger partial charge on any atom is 0.237 e. The predicted octanol–water partition coefficient (Wildman–Crippen LogP) is 2.69. The van der Waals surface area contributed by atoms with Gasteiger partial charge in [0.2, 0.25) is 15.9 Å². The first-order valence-corrected chi connectivity index (χ1v) is 11.0. The predicted molar refractivity (Wildman–Crippen MR) is 107 cm³/mol. The van der Waals surface area contributed by atoms with Crippen molar-refractivity contribution in [2.75, 3.05) is 10.0 Å². The summed E-state index contributed by atoms with van der Waals surface area (Å²) in [6.07, 6.45) is 6.35. The van der Waals surface area contributed by atoms with E-state index >= 15 is 0 Å². The van der Waals surface area contributed by atoms with Crippen molar-refractivity contribution >= 4 is 38.1 Å². The van der Waals surface area contributed by atoms with E-state index < -0.39 is 10.0 Å². The zero-order valence-electron chi connectivity index (χ0n) is 14.7. The molecule has 4 rings (SSSR count). The van der Waals surface area contributed by atoms with Crippen molar-refractivity contribution in [3.63, 3.8) is 0 Å². The monoisotopic (exact) mass is 415 g/mol. The minimum absolute atomic E-state index is 0.0654. The van der Waals surface area contributed by atoms with Crippen LogP contribution in [0.2, 0.25) is 0 Å². The number of hydrogen-bond donors (Lipinski definition) is 2. The third kappa shape index (κ3) is 4.52. The summed E-state index contributed by atoms with van der Waals surface area (Å²) in [6, 6.07) is 7.36. The van der Waals surface area contributed by atoms with Crippen LogP contribution in [0.15, 0.2) is 48.4 Å². The van der Waals surface area contributed by atoms with E-state index in [-0.39, 0.29) is 17.6 Å². The molecule has 0 atom stereocenters. The summed E-state index contributed by atoms with van der Waals surface area (Å²) >= 11 is 1.18. The number of benzene rings is 1. The molecule has 0 saturated heterocycles. The van der Waals surface area contributed by atoms with Crippen LogP contribution in [0.5, 0.6) is 0 Å². The Morgan fingerprint density at radius 1 is 1.11 bits per heavy atom. The summed E-state index contributed by atoms with van der Waals surface area (Å²) in [4.78, 5) is 24.4. The van der Waals surface area contributed by atoms with Crippen LogP contribution in [0.4, 0.5) is 10.8 Å². The second-order valence-corrected chi connectivity index (χ2v) is 9.24. The van der Waals surface area contributed by atoms with Crippen molar-refractivity contribution in [1.29, 1.82) is 0 Å². The molecular formula is C18H17N5O3S2. The first kappa shape index (κ1) is 18.5. The summed E-state index contributed by atoms with van der Waals surface area (Å²) in [5, 5.41) is 4.48. The van der Waals surface area contributed by atoms with Crippen LogP contribution in [0.1, 0.15) is 18.5 Å². The smallest absolute Gasteiger partial charge is 0.237 e. The number of hydrogen-bond acceptors (Lipinski definition) is 7. The minimum atomic E-state index is -3.34. The summed E-state index contributed by atoms with van der Waals surface area (Å²) in [6.45, 7) is 0. The summed E-state index contributed by atoms with van der Waals surface area (Å²) in [5.74, 6) is -0.224. The number of aromatic nitrogens is 3. The molecule has 0 bridgehead atoms. The fraction of sp³-hybridized carbons (Fsp3) is 0.222. The van der Waals surface area contributed by atoms with Crippen molar-refractivity contribution in [3.05, 3.63) is 54.1 Å². The average Bonchev–Trinajstić information content (AvgIpc) is 3.46. The van der Waals surface area contributed by atoms with Crippen LogP contribution in [-0.4, -0.2) is 34.5 Å². The zero-order valence-corrected chi connectivity index (χ0v) is 16.3. The van der Waals surface area contributed by atoms with E-state index in [1.807, 2.05) is 12.1 Å². The Balaban J connectivity index is 1.34. The molecule has 1 aromatic carbocycles. The number of thiazole rings is 1. The molecule has 10 heteroatoms. The fourth-order valence-corrected chi connectivity index (χ4v) is 4.89. The third-order valence-corrected chi connectivity index (χ3v) is 6.91. The van der Waals surface area contributed by atoms with Gasteiger partial charge in [0.15, 0.2) is 5.13 Å². The van der Waals surface area contributed by atoms with Gasteiger partial charge in [-0.2, -0.15) is 0 Å². The Labute approximate surface area is 166 Å². The summed E-state index contributed by atoms with van der Waals surface area (Å²) in [7, 11) is -3.34. The highest BCUT2D eigenvalue weighted by molar-refractivity contribution is 7.93. The second kappa shape index (κ2) is 7.64. The second-order valence-electron chi connectivity index (χ2n) is 6.42. The first-order valence-electron chi connectivity index (χ1n) is 8.61. The number of nitrogens with one attached hydrogen (secondary N) is 2. The Kier molecular flexibility index (Phi) is 5.05. The van der Waals surface area contributed by atoms with E-state index in [1.165, 1.54) is 17.7 Å². The van der Waals surface area contributed by atoms with Crippen molar-refractivity contribution in [1.82, 2.24) is 15.0 Å². The van der Waals surface area contributed by atoms with Gasteiger partial charge in [0.1, 0.15) is 6.33 Å². The Hall–Kier alpha value is -2.85. The molecule has 28 heavy (non-hydrogen) atoms. The van der Waals surface area contributed by atoms with E-state index in [0.29, 0.717) is 29.4 Å². The van der Waals surface area contributed by atoms with Gasteiger partial charge in [0.05, 0.1) is 17.4 Å². The van der Waals surface area contributed by atoms with Crippen LogP contribution in [0, 0.1) is 0 Å². The molecule has 2 heterocycles. The van der Waals surface area contributed by atoms with Crippen molar-refractivity contribution in [2.24, 2.45) is 0 Å². The van der Waals surface area contributed by atoms with E-state index in [9.17, 15) is 13.2 Å². The molecule has 1 saturated carbocycles. The van der Waals surface area contributed by atoms with Crippen LogP contribution >= 0.6 is 11.3 Å². The number of amides is 1. The quantitative estimate of drug-likeness (QED) is 0.613. The Bertz CT molecular complexity index is 1080. The lowest BCUT2D eigenvalue weighted by Crippen LogP contribution is -2.17. The van der Waals surface area contributed by atoms with Crippen LogP contribution < -0.4 is 10.0 Å². The molecule has 1 aliphatic carbocycles. The summed E-state index contributed by atoms with van der Waals surface area (Å²) < 4.78 is 26.3. The van der Waals surface area contributed by atoms with Gasteiger partial charge in [-0.15, -0.1) is 11.3 Å². The third-order valence-electron chi connectivity index (χ3n) is 4.15. The largest absolute Gasteiger partial charge is 0.326 e. The molecule has 2 aromatic heterocycles. The van der Waals surface area contributed by atoms with E-state index in [2.05, 4.69) is 25.0 Å². The molecule has 8 nitrogen and oxygen atoms in total. The number of carbonyl (C=O) groups excluding carboxylic acids is 1. The number of anilines is 2. The van der Waals surface area contributed by atoms with Gasteiger partial charge < -0.3 is 5.32 Å².